The Morgan fingerprint density at radius 1 is 1.19 bits per heavy atom. The number of carbonyl (C=O) groups is 1. The van der Waals surface area contributed by atoms with E-state index in [2.05, 4.69) is 0 Å². The van der Waals surface area contributed by atoms with Crippen molar-refractivity contribution in [2.75, 3.05) is 20.4 Å². The van der Waals surface area contributed by atoms with Crippen LogP contribution in [0.1, 0.15) is 24.2 Å². The zero-order valence-corrected chi connectivity index (χ0v) is 11.4. The highest BCUT2D eigenvalue weighted by molar-refractivity contribution is 7.98. The first-order chi connectivity index (χ1) is 7.39. The van der Waals surface area contributed by atoms with Gasteiger partial charge in [0.05, 0.1) is 5.54 Å². The third kappa shape index (κ3) is 2.66. The average molecular weight is 237 g/mol. The van der Waals surface area contributed by atoms with E-state index in [1.54, 1.807) is 11.8 Å². The van der Waals surface area contributed by atoms with Gasteiger partial charge in [0.25, 0.3) is 0 Å². The van der Waals surface area contributed by atoms with E-state index >= 15 is 0 Å². The summed E-state index contributed by atoms with van der Waals surface area (Å²) < 4.78 is 0. The molecule has 0 amide bonds. The minimum absolute atomic E-state index is 0.158. The summed E-state index contributed by atoms with van der Waals surface area (Å²) >= 11 is 1.68. The van der Waals surface area contributed by atoms with Crippen LogP contribution >= 0.6 is 11.8 Å². The number of hydrogen-bond acceptors (Lipinski definition) is 3. The van der Waals surface area contributed by atoms with Crippen LogP contribution in [0, 0.1) is 0 Å². The van der Waals surface area contributed by atoms with Crippen LogP contribution in [0.2, 0.25) is 0 Å². The monoisotopic (exact) mass is 237 g/mol. The van der Waals surface area contributed by atoms with Crippen molar-refractivity contribution in [2.24, 2.45) is 0 Å². The molecule has 0 saturated carbocycles. The SMILES string of the molecule is CSc1ccc(C(=O)C(C)(C)N(C)C)cc1. The van der Waals surface area contributed by atoms with Crippen molar-refractivity contribution in [3.05, 3.63) is 29.8 Å². The molecular formula is C13H19NOS. The molecule has 0 aromatic heterocycles. The van der Waals surface area contributed by atoms with E-state index in [1.807, 2.05) is 63.4 Å². The van der Waals surface area contributed by atoms with E-state index in [0.29, 0.717) is 0 Å². The second kappa shape index (κ2) is 5.02. The van der Waals surface area contributed by atoms with Gasteiger partial charge in [0.2, 0.25) is 0 Å². The summed E-state index contributed by atoms with van der Waals surface area (Å²) in [5.41, 5.74) is 0.317. The molecule has 0 aliphatic carbocycles. The van der Waals surface area contributed by atoms with Crippen molar-refractivity contribution >= 4 is 17.5 Å². The Kier molecular flexibility index (Phi) is 4.16. The van der Waals surface area contributed by atoms with E-state index in [4.69, 9.17) is 0 Å². The van der Waals surface area contributed by atoms with Gasteiger partial charge in [0.1, 0.15) is 0 Å². The summed E-state index contributed by atoms with van der Waals surface area (Å²) in [5.74, 6) is 0.158. The van der Waals surface area contributed by atoms with Gasteiger partial charge in [-0.05, 0) is 46.3 Å². The molecule has 0 unspecified atom stereocenters. The highest BCUT2D eigenvalue weighted by Crippen LogP contribution is 2.20. The Balaban J connectivity index is 2.97. The van der Waals surface area contributed by atoms with Crippen molar-refractivity contribution in [2.45, 2.75) is 24.3 Å². The summed E-state index contributed by atoms with van der Waals surface area (Å²) in [6.07, 6.45) is 2.03. The summed E-state index contributed by atoms with van der Waals surface area (Å²) in [7, 11) is 3.85. The minimum atomic E-state index is -0.457. The van der Waals surface area contributed by atoms with Crippen LogP contribution in [0.4, 0.5) is 0 Å². The lowest BCUT2D eigenvalue weighted by Gasteiger charge is -2.30. The van der Waals surface area contributed by atoms with E-state index in [0.717, 1.165) is 5.56 Å². The molecule has 0 saturated heterocycles. The molecule has 0 atom stereocenters. The Labute approximate surface area is 102 Å². The predicted octanol–water partition coefficient (Wildman–Crippen LogP) is 2.93. The van der Waals surface area contributed by atoms with Crippen LogP contribution in [-0.2, 0) is 0 Å². The fraction of sp³-hybridized carbons (Fsp3) is 0.462. The number of carbonyl (C=O) groups excluding carboxylic acids is 1. The second-order valence-corrected chi connectivity index (χ2v) is 5.39. The summed E-state index contributed by atoms with van der Waals surface area (Å²) in [6.45, 7) is 3.88. The van der Waals surface area contributed by atoms with Crippen molar-refractivity contribution in [3.8, 4) is 0 Å². The fourth-order valence-corrected chi connectivity index (χ4v) is 1.71. The van der Waals surface area contributed by atoms with Gasteiger partial charge >= 0.3 is 0 Å². The smallest absolute Gasteiger partial charge is 0.182 e. The normalized spacial score (nSPS) is 11.9. The van der Waals surface area contributed by atoms with Gasteiger partial charge in [-0.2, -0.15) is 0 Å². The first kappa shape index (κ1) is 13.3. The molecule has 0 spiro atoms. The molecule has 0 aliphatic heterocycles. The Bertz CT molecular complexity index is 368. The van der Waals surface area contributed by atoms with Crippen LogP contribution in [0.25, 0.3) is 0 Å². The van der Waals surface area contributed by atoms with Gasteiger partial charge in [0.15, 0.2) is 5.78 Å². The molecule has 0 N–H and O–H groups in total. The zero-order valence-electron chi connectivity index (χ0n) is 10.6. The third-order valence-electron chi connectivity index (χ3n) is 3.03. The minimum Gasteiger partial charge on any atom is -0.297 e. The third-order valence-corrected chi connectivity index (χ3v) is 3.77. The van der Waals surface area contributed by atoms with Crippen LogP contribution < -0.4 is 0 Å². The number of rotatable bonds is 4. The lowest BCUT2D eigenvalue weighted by atomic mass is 9.92. The molecular weight excluding hydrogens is 218 g/mol. The molecule has 88 valence electrons. The quantitative estimate of drug-likeness (QED) is 0.593. The van der Waals surface area contributed by atoms with Gasteiger partial charge in [-0.25, -0.2) is 0 Å². The molecule has 0 fully saturated rings. The van der Waals surface area contributed by atoms with E-state index in [-0.39, 0.29) is 5.78 Å². The summed E-state index contributed by atoms with van der Waals surface area (Å²) in [4.78, 5) is 15.4. The van der Waals surface area contributed by atoms with Gasteiger partial charge in [0, 0.05) is 10.5 Å². The molecule has 16 heavy (non-hydrogen) atoms. The highest BCUT2D eigenvalue weighted by atomic mass is 32.2. The predicted molar refractivity (Wildman–Crippen MR) is 70.3 cm³/mol. The molecule has 3 heteroatoms. The number of benzene rings is 1. The maximum Gasteiger partial charge on any atom is 0.182 e. The summed E-state index contributed by atoms with van der Waals surface area (Å²) in [6, 6.07) is 7.78. The van der Waals surface area contributed by atoms with E-state index in [1.165, 1.54) is 4.90 Å². The van der Waals surface area contributed by atoms with Gasteiger partial charge in [-0.15, -0.1) is 11.8 Å². The Morgan fingerprint density at radius 2 is 1.69 bits per heavy atom. The van der Waals surface area contributed by atoms with Crippen molar-refractivity contribution in [3.63, 3.8) is 0 Å². The van der Waals surface area contributed by atoms with E-state index in [9.17, 15) is 4.79 Å². The van der Waals surface area contributed by atoms with Crippen LogP contribution in [0.5, 0.6) is 0 Å². The van der Waals surface area contributed by atoms with Gasteiger partial charge in [-0.3, -0.25) is 9.69 Å². The van der Waals surface area contributed by atoms with Crippen molar-refractivity contribution < 1.29 is 4.79 Å². The van der Waals surface area contributed by atoms with Crippen LogP contribution in [0.3, 0.4) is 0 Å². The number of Topliss-reactive ketones (excluding diaryl/α,β-unsaturated/α-hetero) is 1. The van der Waals surface area contributed by atoms with Gasteiger partial charge in [-0.1, -0.05) is 12.1 Å². The highest BCUT2D eigenvalue weighted by Gasteiger charge is 2.30. The maximum atomic E-state index is 12.3. The first-order valence-electron chi connectivity index (χ1n) is 5.26. The van der Waals surface area contributed by atoms with E-state index < -0.39 is 5.54 Å². The topological polar surface area (TPSA) is 20.3 Å². The molecule has 1 aromatic carbocycles. The maximum absolute atomic E-state index is 12.3. The summed E-state index contributed by atoms with van der Waals surface area (Å²) in [5, 5.41) is 0. The van der Waals surface area contributed by atoms with Crippen molar-refractivity contribution in [1.82, 2.24) is 4.90 Å². The molecule has 0 heterocycles. The Morgan fingerprint density at radius 3 is 2.06 bits per heavy atom. The van der Waals surface area contributed by atoms with Crippen LogP contribution in [-0.4, -0.2) is 36.6 Å². The second-order valence-electron chi connectivity index (χ2n) is 4.51. The largest absolute Gasteiger partial charge is 0.297 e. The zero-order chi connectivity index (χ0) is 12.3. The number of thioether (sulfide) groups is 1. The standard InChI is InChI=1S/C13H19NOS/c1-13(2,14(3)4)12(15)10-6-8-11(16-5)9-7-10/h6-9H,1-5H3. The fourth-order valence-electron chi connectivity index (χ4n) is 1.30. The molecule has 1 aromatic rings. The number of likely N-dealkylation sites (N-methyl/N-ethyl adjacent to an activating group) is 1. The number of hydrogen-bond donors (Lipinski definition) is 0. The van der Waals surface area contributed by atoms with Gasteiger partial charge < -0.3 is 0 Å². The number of ketones is 1. The molecule has 0 aliphatic rings. The average Bonchev–Trinajstić information content (AvgIpc) is 2.28. The molecule has 1 rings (SSSR count). The first-order valence-corrected chi connectivity index (χ1v) is 6.48. The lowest BCUT2D eigenvalue weighted by molar-refractivity contribution is 0.0755. The van der Waals surface area contributed by atoms with Crippen LogP contribution in [0.15, 0.2) is 29.2 Å². The Hall–Kier alpha value is -0.800. The number of nitrogens with zero attached hydrogens (tertiary/aromatic N) is 1. The van der Waals surface area contributed by atoms with Crippen molar-refractivity contribution in [1.29, 1.82) is 0 Å². The lowest BCUT2D eigenvalue weighted by Crippen LogP contribution is -2.45. The molecule has 0 radical (unpaired) electrons. The molecule has 2 nitrogen and oxygen atoms in total. The molecule has 0 bridgehead atoms.